The molecule has 15 heteroatoms. The molecule has 2 rings (SSSR count). The van der Waals surface area contributed by atoms with Crippen LogP contribution in [0.5, 0.6) is 5.75 Å². The maximum Gasteiger partial charge on any atom is 0.461 e. The van der Waals surface area contributed by atoms with Gasteiger partial charge < -0.3 is 9.72 Å². The lowest BCUT2D eigenvalue weighted by Gasteiger charge is -2.16. The van der Waals surface area contributed by atoms with E-state index in [1.165, 1.54) is 11.1 Å². The van der Waals surface area contributed by atoms with Gasteiger partial charge in [0.1, 0.15) is 17.1 Å². The molecule has 27 heavy (non-hydrogen) atoms. The van der Waals surface area contributed by atoms with Crippen molar-refractivity contribution in [3.63, 3.8) is 0 Å². The van der Waals surface area contributed by atoms with Gasteiger partial charge in [-0.15, -0.1) is 0 Å². The third kappa shape index (κ3) is 3.68. The number of nitriles is 1. The molecule has 146 valence electrons. The summed E-state index contributed by atoms with van der Waals surface area (Å²) < 4.78 is 106. The van der Waals surface area contributed by atoms with Gasteiger partial charge in [0.25, 0.3) is 5.69 Å². The summed E-state index contributed by atoms with van der Waals surface area (Å²) >= 11 is 0. The highest BCUT2D eigenvalue weighted by molar-refractivity contribution is 5.92. The Hall–Kier alpha value is -3.18. The number of aromatic nitrogens is 2. The van der Waals surface area contributed by atoms with Crippen LogP contribution in [0.2, 0.25) is 0 Å². The van der Waals surface area contributed by atoms with E-state index in [-0.39, 0.29) is 0 Å². The second-order valence-corrected chi connectivity index (χ2v) is 4.93. The molecule has 0 bridgehead atoms. The normalized spacial score (nSPS) is 12.9. The van der Waals surface area contributed by atoms with Gasteiger partial charge in [0.15, 0.2) is 23.7 Å². The monoisotopic (exact) mass is 404 g/mol. The maximum absolute atomic E-state index is 13.4. The Labute approximate surface area is 142 Å². The Kier molecular flexibility index (Phi) is 4.63. The number of non-ortho nitro benzene ring substituents is 1. The summed E-state index contributed by atoms with van der Waals surface area (Å²) in [7, 11) is 0. The van der Waals surface area contributed by atoms with E-state index >= 15 is 0 Å². The number of rotatable bonds is 4. The van der Waals surface area contributed by atoms with Crippen molar-refractivity contribution in [1.82, 2.24) is 9.97 Å². The van der Waals surface area contributed by atoms with Gasteiger partial charge in [-0.2, -0.15) is 40.4 Å². The summed E-state index contributed by atoms with van der Waals surface area (Å²) in [5, 5.41) is 19.9. The van der Waals surface area contributed by atoms with Crippen molar-refractivity contribution in [2.75, 3.05) is 6.61 Å². The van der Waals surface area contributed by atoms with Crippen LogP contribution in [0.4, 0.5) is 40.8 Å². The lowest BCUT2D eigenvalue weighted by molar-refractivity contribution is -0.383. The van der Waals surface area contributed by atoms with Crippen molar-refractivity contribution in [2.45, 2.75) is 18.3 Å². The topological polar surface area (TPSA) is 105 Å². The van der Waals surface area contributed by atoms with E-state index in [1.807, 2.05) is 0 Å². The van der Waals surface area contributed by atoms with E-state index < -0.39 is 63.7 Å². The molecule has 0 spiro atoms. The Balaban J connectivity index is 2.80. The number of nitrogens with one attached hydrogen (secondary N) is 1. The molecule has 0 saturated heterocycles. The molecule has 2 aromatic rings. The third-order valence-corrected chi connectivity index (χ3v) is 3.05. The molecule has 0 radical (unpaired) electrons. The minimum atomic E-state index is -6.15. The molecule has 1 aromatic heterocycles. The van der Waals surface area contributed by atoms with E-state index in [9.17, 15) is 45.2 Å². The highest BCUT2D eigenvalue weighted by atomic mass is 19.4. The highest BCUT2D eigenvalue weighted by Gasteiger charge is 2.61. The Morgan fingerprint density at radius 1 is 1.22 bits per heavy atom. The standard InChI is InChI=1S/C12H4F8N4O3/c13-10(14,15)3-27-8-4(2-21)1-5(24(25)26)6-7(8)23-9(22-6)11(16,17)12(18,19)20/h1H,3H2,(H,22,23). The van der Waals surface area contributed by atoms with Crippen LogP contribution in [0.3, 0.4) is 0 Å². The average molecular weight is 404 g/mol. The fraction of sp³-hybridized carbons (Fsp3) is 0.333. The van der Waals surface area contributed by atoms with Crippen LogP contribution >= 0.6 is 0 Å². The molecule has 0 amide bonds. The van der Waals surface area contributed by atoms with E-state index in [0.717, 1.165) is 0 Å². The van der Waals surface area contributed by atoms with Crippen LogP contribution in [0.25, 0.3) is 11.0 Å². The van der Waals surface area contributed by atoms with E-state index in [4.69, 9.17) is 5.26 Å². The summed E-state index contributed by atoms with van der Waals surface area (Å²) in [5.41, 5.74) is -4.29. The van der Waals surface area contributed by atoms with Crippen molar-refractivity contribution >= 4 is 16.7 Å². The molecule has 0 aliphatic rings. The van der Waals surface area contributed by atoms with Gasteiger partial charge >= 0.3 is 18.3 Å². The number of alkyl halides is 8. The highest BCUT2D eigenvalue weighted by Crippen LogP contribution is 2.45. The number of hydrogen-bond acceptors (Lipinski definition) is 5. The van der Waals surface area contributed by atoms with Crippen molar-refractivity contribution in [2.24, 2.45) is 0 Å². The Morgan fingerprint density at radius 2 is 1.81 bits per heavy atom. The molecule has 0 fully saturated rings. The molecule has 0 aliphatic carbocycles. The van der Waals surface area contributed by atoms with Crippen LogP contribution in [-0.2, 0) is 5.92 Å². The zero-order valence-electron chi connectivity index (χ0n) is 12.4. The molecular weight excluding hydrogens is 400 g/mol. The number of fused-ring (bicyclic) bond motifs is 1. The Morgan fingerprint density at radius 3 is 2.26 bits per heavy atom. The smallest absolute Gasteiger partial charge is 0.461 e. The van der Waals surface area contributed by atoms with Gasteiger partial charge in [-0.3, -0.25) is 10.1 Å². The lowest BCUT2D eigenvalue weighted by Crippen LogP contribution is -2.34. The third-order valence-electron chi connectivity index (χ3n) is 3.05. The van der Waals surface area contributed by atoms with Gasteiger partial charge in [-0.1, -0.05) is 0 Å². The summed E-state index contributed by atoms with van der Waals surface area (Å²) in [6.45, 7) is -2.04. The first-order valence-corrected chi connectivity index (χ1v) is 6.45. The zero-order chi connectivity index (χ0) is 20.8. The van der Waals surface area contributed by atoms with Crippen LogP contribution in [0.1, 0.15) is 11.4 Å². The first-order chi connectivity index (χ1) is 12.2. The minimum absolute atomic E-state index is 0.352. The molecule has 1 heterocycles. The van der Waals surface area contributed by atoms with Gasteiger partial charge in [-0.05, 0) is 0 Å². The van der Waals surface area contributed by atoms with Gasteiger partial charge in [0.05, 0.1) is 4.92 Å². The number of imidazole rings is 1. The number of aromatic amines is 1. The summed E-state index contributed by atoms with van der Waals surface area (Å²) in [6.07, 6.45) is -11.1. The number of H-pyrrole nitrogens is 1. The summed E-state index contributed by atoms with van der Waals surface area (Å²) in [4.78, 5) is 13.9. The van der Waals surface area contributed by atoms with Gasteiger partial charge in [-0.25, -0.2) is 4.98 Å². The number of nitro benzene ring substituents is 1. The van der Waals surface area contributed by atoms with E-state index in [2.05, 4.69) is 9.72 Å². The number of nitro groups is 1. The fourth-order valence-corrected chi connectivity index (χ4v) is 1.94. The number of halogens is 8. The van der Waals surface area contributed by atoms with Crippen LogP contribution < -0.4 is 4.74 Å². The minimum Gasteiger partial charge on any atom is -0.480 e. The average Bonchev–Trinajstić information content (AvgIpc) is 2.95. The molecule has 7 nitrogen and oxygen atoms in total. The molecule has 0 saturated carbocycles. The van der Waals surface area contributed by atoms with Crippen LogP contribution in [0.15, 0.2) is 6.07 Å². The van der Waals surface area contributed by atoms with Gasteiger partial charge in [0.2, 0.25) is 0 Å². The SMILES string of the molecule is N#Cc1cc([N+](=O)[O-])c2nc(C(F)(F)C(F)(F)F)[nH]c2c1OCC(F)(F)F. The van der Waals surface area contributed by atoms with Crippen molar-refractivity contribution in [3.05, 3.63) is 27.6 Å². The molecule has 0 unspecified atom stereocenters. The second-order valence-electron chi connectivity index (χ2n) is 4.93. The maximum atomic E-state index is 13.4. The second kappa shape index (κ2) is 6.21. The first-order valence-electron chi connectivity index (χ1n) is 6.45. The van der Waals surface area contributed by atoms with Crippen LogP contribution in [-0.4, -0.2) is 33.9 Å². The van der Waals surface area contributed by atoms with E-state index in [1.54, 1.807) is 0 Å². The molecule has 0 atom stereocenters. The van der Waals surface area contributed by atoms with Crippen LogP contribution in [0, 0.1) is 21.4 Å². The first kappa shape index (κ1) is 20.1. The summed E-state index contributed by atoms with van der Waals surface area (Å²) in [5.74, 6) is -8.82. The Bertz CT molecular complexity index is 941. The molecular formula is C12H4F8N4O3. The predicted molar refractivity (Wildman–Crippen MR) is 69.0 cm³/mol. The van der Waals surface area contributed by atoms with Crippen molar-refractivity contribution in [3.8, 4) is 11.8 Å². The number of ether oxygens (including phenoxy) is 1. The zero-order valence-corrected chi connectivity index (χ0v) is 12.4. The lowest BCUT2D eigenvalue weighted by atomic mass is 10.1. The molecule has 1 N–H and O–H groups in total. The quantitative estimate of drug-likeness (QED) is 0.472. The largest absolute Gasteiger partial charge is 0.480 e. The van der Waals surface area contributed by atoms with Crippen molar-refractivity contribution < 1.29 is 44.8 Å². The number of hydrogen-bond donors (Lipinski definition) is 1. The predicted octanol–water partition coefficient (Wildman–Crippen LogP) is 3.94. The molecule has 1 aromatic carbocycles. The number of benzene rings is 1. The summed E-state index contributed by atoms with van der Waals surface area (Å²) in [6, 6.07) is 1.59. The molecule has 0 aliphatic heterocycles. The number of nitrogens with zero attached hydrogens (tertiary/aromatic N) is 3. The fourth-order valence-electron chi connectivity index (χ4n) is 1.94. The van der Waals surface area contributed by atoms with Gasteiger partial charge in [0, 0.05) is 6.07 Å². The van der Waals surface area contributed by atoms with Crippen molar-refractivity contribution in [1.29, 1.82) is 5.26 Å². The van der Waals surface area contributed by atoms with E-state index in [0.29, 0.717) is 6.07 Å².